The molecule has 0 aromatic heterocycles. The summed E-state index contributed by atoms with van der Waals surface area (Å²) in [7, 11) is 0. The van der Waals surface area contributed by atoms with Crippen LogP contribution in [-0.2, 0) is 15.1 Å². The van der Waals surface area contributed by atoms with Crippen molar-refractivity contribution >= 4 is 17.8 Å². The number of rotatable bonds is 3. The predicted octanol–water partition coefficient (Wildman–Crippen LogP) is 1.51. The van der Waals surface area contributed by atoms with Gasteiger partial charge >= 0.3 is 6.03 Å². The number of nitrogens with one attached hydrogen (secondary N) is 2. The Kier molecular flexibility index (Phi) is 4.15. The van der Waals surface area contributed by atoms with Crippen molar-refractivity contribution in [3.63, 3.8) is 0 Å². The number of carbonyl (C=O) groups excluding carboxylic acids is 3. The minimum atomic E-state index is -1.52. The van der Waals surface area contributed by atoms with Gasteiger partial charge in [0.2, 0.25) is 5.91 Å². The molecule has 0 unspecified atom stereocenters. The van der Waals surface area contributed by atoms with Crippen molar-refractivity contribution in [1.29, 1.82) is 0 Å². The number of imide groups is 1. The van der Waals surface area contributed by atoms with E-state index in [4.69, 9.17) is 0 Å². The predicted molar refractivity (Wildman–Crippen MR) is 81.9 cm³/mol. The zero-order valence-corrected chi connectivity index (χ0v) is 13.6. The molecule has 1 atom stereocenters. The van der Waals surface area contributed by atoms with Crippen molar-refractivity contribution in [3.05, 3.63) is 35.6 Å². The molecule has 1 heterocycles. The molecule has 1 saturated heterocycles. The van der Waals surface area contributed by atoms with E-state index in [2.05, 4.69) is 10.6 Å². The zero-order chi connectivity index (χ0) is 17.4. The maximum Gasteiger partial charge on any atom is 0.325 e. The molecule has 1 aliphatic rings. The Hall–Kier alpha value is -2.44. The van der Waals surface area contributed by atoms with Gasteiger partial charge in [0, 0.05) is 11.1 Å². The number of benzene rings is 1. The summed E-state index contributed by atoms with van der Waals surface area (Å²) in [5.74, 6) is -1.71. The van der Waals surface area contributed by atoms with E-state index in [0.717, 1.165) is 4.90 Å². The van der Waals surface area contributed by atoms with Crippen molar-refractivity contribution in [2.45, 2.75) is 38.8 Å². The highest BCUT2D eigenvalue weighted by Crippen LogP contribution is 2.30. The highest BCUT2D eigenvalue weighted by molar-refractivity contribution is 6.09. The van der Waals surface area contributed by atoms with Crippen molar-refractivity contribution in [1.82, 2.24) is 15.5 Å². The number of nitrogens with zero attached hydrogens (tertiary/aromatic N) is 1. The minimum absolute atomic E-state index is 0.0667. The maximum absolute atomic E-state index is 14.0. The number of amides is 4. The Morgan fingerprint density at radius 1 is 1.30 bits per heavy atom. The second-order valence-corrected chi connectivity index (χ2v) is 6.72. The largest absolute Gasteiger partial charge is 0.350 e. The first-order chi connectivity index (χ1) is 10.5. The molecule has 4 amide bonds. The fraction of sp³-hybridized carbons (Fsp3) is 0.438. The summed E-state index contributed by atoms with van der Waals surface area (Å²) in [5, 5.41) is 5.15. The minimum Gasteiger partial charge on any atom is -0.350 e. The fourth-order valence-corrected chi connectivity index (χ4v) is 2.49. The summed E-state index contributed by atoms with van der Waals surface area (Å²) in [4.78, 5) is 37.4. The number of hydrogen-bond acceptors (Lipinski definition) is 3. The average molecular weight is 321 g/mol. The van der Waals surface area contributed by atoms with Gasteiger partial charge in [-0.25, -0.2) is 9.18 Å². The molecule has 6 nitrogen and oxygen atoms in total. The van der Waals surface area contributed by atoms with Gasteiger partial charge in [-0.15, -0.1) is 0 Å². The maximum atomic E-state index is 14.0. The van der Waals surface area contributed by atoms with Crippen molar-refractivity contribution in [2.24, 2.45) is 0 Å². The van der Waals surface area contributed by atoms with Crippen LogP contribution in [0.15, 0.2) is 24.3 Å². The van der Waals surface area contributed by atoms with Gasteiger partial charge in [-0.3, -0.25) is 14.5 Å². The number of carbonyl (C=O) groups is 3. The summed E-state index contributed by atoms with van der Waals surface area (Å²) < 4.78 is 14.0. The molecule has 0 saturated carbocycles. The summed E-state index contributed by atoms with van der Waals surface area (Å²) in [5.41, 5.74) is -1.94. The van der Waals surface area contributed by atoms with Gasteiger partial charge in [-0.1, -0.05) is 18.2 Å². The molecule has 23 heavy (non-hydrogen) atoms. The van der Waals surface area contributed by atoms with Crippen LogP contribution in [0, 0.1) is 5.82 Å². The molecule has 0 bridgehead atoms. The molecule has 0 aliphatic carbocycles. The number of hydrogen-bond donors (Lipinski definition) is 2. The van der Waals surface area contributed by atoms with Gasteiger partial charge in [0.25, 0.3) is 5.91 Å². The van der Waals surface area contributed by atoms with Crippen LogP contribution in [0.1, 0.15) is 33.3 Å². The van der Waals surface area contributed by atoms with Crippen LogP contribution in [0.25, 0.3) is 0 Å². The van der Waals surface area contributed by atoms with E-state index in [-0.39, 0.29) is 5.56 Å². The smallest absolute Gasteiger partial charge is 0.325 e. The van der Waals surface area contributed by atoms with Crippen LogP contribution in [0.5, 0.6) is 0 Å². The third-order valence-electron chi connectivity index (χ3n) is 3.50. The quantitative estimate of drug-likeness (QED) is 0.828. The molecule has 124 valence electrons. The van der Waals surface area contributed by atoms with Crippen LogP contribution in [0.4, 0.5) is 9.18 Å². The summed E-state index contributed by atoms with van der Waals surface area (Å²) in [6, 6.07) is 5.02. The van der Waals surface area contributed by atoms with Crippen molar-refractivity contribution in [2.75, 3.05) is 6.54 Å². The fourth-order valence-electron chi connectivity index (χ4n) is 2.49. The highest BCUT2D eigenvalue weighted by Gasteiger charge is 2.50. The van der Waals surface area contributed by atoms with Gasteiger partial charge < -0.3 is 10.6 Å². The van der Waals surface area contributed by atoms with Gasteiger partial charge in [0.15, 0.2) is 0 Å². The average Bonchev–Trinajstić information content (AvgIpc) is 2.61. The Morgan fingerprint density at radius 3 is 2.48 bits per heavy atom. The molecule has 1 fully saturated rings. The van der Waals surface area contributed by atoms with E-state index in [1.54, 1.807) is 26.8 Å². The molecule has 1 aromatic rings. The Balaban J connectivity index is 2.24. The third kappa shape index (κ3) is 3.33. The van der Waals surface area contributed by atoms with Gasteiger partial charge in [-0.2, -0.15) is 0 Å². The molecule has 0 radical (unpaired) electrons. The Morgan fingerprint density at radius 2 is 1.91 bits per heavy atom. The van der Waals surface area contributed by atoms with E-state index in [1.165, 1.54) is 25.1 Å². The lowest BCUT2D eigenvalue weighted by molar-refractivity contribution is -0.135. The molecule has 2 rings (SSSR count). The van der Waals surface area contributed by atoms with Gasteiger partial charge in [-0.05, 0) is 33.8 Å². The van der Waals surface area contributed by atoms with Crippen molar-refractivity contribution in [3.8, 4) is 0 Å². The molecule has 2 N–H and O–H groups in total. The third-order valence-corrected chi connectivity index (χ3v) is 3.50. The first kappa shape index (κ1) is 16.9. The molecule has 0 spiro atoms. The molecular weight excluding hydrogens is 301 g/mol. The second-order valence-electron chi connectivity index (χ2n) is 6.72. The topological polar surface area (TPSA) is 78.5 Å². The number of urea groups is 1. The van der Waals surface area contributed by atoms with E-state index in [9.17, 15) is 18.8 Å². The Labute approximate surface area is 134 Å². The van der Waals surface area contributed by atoms with E-state index in [1.807, 2.05) is 0 Å². The van der Waals surface area contributed by atoms with Crippen LogP contribution in [0.2, 0.25) is 0 Å². The van der Waals surface area contributed by atoms with E-state index in [0.29, 0.717) is 0 Å². The molecule has 1 aliphatic heterocycles. The Bertz CT molecular complexity index is 669. The SMILES string of the molecule is CC(C)(C)NC(=O)CN1C(=O)N[C@@](C)(c2ccccc2F)C1=O. The van der Waals surface area contributed by atoms with Crippen LogP contribution in [-0.4, -0.2) is 34.8 Å². The normalized spacial score (nSPS) is 21.3. The van der Waals surface area contributed by atoms with Crippen LogP contribution in [0.3, 0.4) is 0 Å². The summed E-state index contributed by atoms with van der Waals surface area (Å²) in [6.07, 6.45) is 0. The van der Waals surface area contributed by atoms with Crippen LogP contribution < -0.4 is 10.6 Å². The van der Waals surface area contributed by atoms with E-state index >= 15 is 0 Å². The molecule has 7 heteroatoms. The standard InChI is InChI=1S/C16H20FN3O3/c1-15(2,3)18-12(21)9-20-13(22)16(4,19-14(20)23)10-7-5-6-8-11(10)17/h5-8H,9H2,1-4H3,(H,18,21)(H,19,23)/t16-/m0/s1. The van der Waals surface area contributed by atoms with Gasteiger partial charge in [0.1, 0.15) is 17.9 Å². The second kappa shape index (κ2) is 5.64. The molecular formula is C16H20FN3O3. The van der Waals surface area contributed by atoms with E-state index < -0.39 is 41.3 Å². The van der Waals surface area contributed by atoms with Crippen molar-refractivity contribution < 1.29 is 18.8 Å². The number of halogens is 1. The van der Waals surface area contributed by atoms with Gasteiger partial charge in [0.05, 0.1) is 0 Å². The zero-order valence-electron chi connectivity index (χ0n) is 13.6. The lowest BCUT2D eigenvalue weighted by Crippen LogP contribution is -2.48. The first-order valence-electron chi connectivity index (χ1n) is 7.25. The lowest BCUT2D eigenvalue weighted by atomic mass is 9.91. The summed E-state index contributed by atoms with van der Waals surface area (Å²) in [6.45, 7) is 6.39. The monoisotopic (exact) mass is 321 g/mol. The van der Waals surface area contributed by atoms with Crippen LogP contribution >= 0.6 is 0 Å². The molecule has 1 aromatic carbocycles. The first-order valence-corrected chi connectivity index (χ1v) is 7.25. The summed E-state index contributed by atoms with van der Waals surface area (Å²) >= 11 is 0. The highest BCUT2D eigenvalue weighted by atomic mass is 19.1. The lowest BCUT2D eigenvalue weighted by Gasteiger charge is -2.24.